The first kappa shape index (κ1) is 46.4. The van der Waals surface area contributed by atoms with Crippen molar-refractivity contribution in [2.24, 2.45) is 22.7 Å². The van der Waals surface area contributed by atoms with Gasteiger partial charge in [0.2, 0.25) is 5.60 Å². The van der Waals surface area contributed by atoms with Crippen LogP contribution in [0, 0.1) is 22.7 Å². The Morgan fingerprint density at radius 1 is 0.968 bits per heavy atom. The van der Waals surface area contributed by atoms with Crippen molar-refractivity contribution in [2.75, 3.05) is 6.61 Å². The minimum Gasteiger partial charge on any atom is -0.454 e. The van der Waals surface area contributed by atoms with Crippen LogP contribution in [0.25, 0.3) is 0 Å². The first-order chi connectivity index (χ1) is 28.7. The van der Waals surface area contributed by atoms with E-state index in [0.29, 0.717) is 0 Å². The van der Waals surface area contributed by atoms with Crippen molar-refractivity contribution in [3.63, 3.8) is 0 Å². The summed E-state index contributed by atoms with van der Waals surface area (Å²) in [6.45, 7) is 16.2. The van der Waals surface area contributed by atoms with E-state index < -0.39 is 124 Å². The third-order valence-corrected chi connectivity index (χ3v) is 12.9. The summed E-state index contributed by atoms with van der Waals surface area (Å²) in [6, 6.07) is 6.47. The van der Waals surface area contributed by atoms with Gasteiger partial charge in [0.25, 0.3) is 0 Å². The molecule has 3 aliphatic carbocycles. The highest BCUT2D eigenvalue weighted by molar-refractivity contribution is 5.96. The average Bonchev–Trinajstić information content (AvgIpc) is 3.52. The number of rotatable bonds is 10. The molecule has 5 aliphatic rings. The third-order valence-electron chi connectivity index (χ3n) is 12.9. The maximum Gasteiger partial charge on any atom is 0.509 e. The molecule has 2 saturated carbocycles. The lowest BCUT2D eigenvalue weighted by Crippen LogP contribution is -2.83. The van der Waals surface area contributed by atoms with Gasteiger partial charge in [0, 0.05) is 25.7 Å². The maximum absolute atomic E-state index is 15.6. The number of ketones is 1. The van der Waals surface area contributed by atoms with Crippen LogP contribution in [-0.4, -0.2) is 124 Å². The molecule has 18 nitrogen and oxygen atoms in total. The van der Waals surface area contributed by atoms with E-state index in [1.165, 1.54) is 26.0 Å². The summed E-state index contributed by atoms with van der Waals surface area (Å²) in [4.78, 5) is 97.3. The molecule has 1 aromatic carbocycles. The van der Waals surface area contributed by atoms with Crippen molar-refractivity contribution in [3.8, 4) is 0 Å². The van der Waals surface area contributed by atoms with Crippen LogP contribution in [0.15, 0.2) is 41.5 Å². The van der Waals surface area contributed by atoms with Gasteiger partial charge in [-0.3, -0.25) is 14.4 Å². The van der Waals surface area contributed by atoms with Crippen LogP contribution < -0.4 is 5.32 Å². The Balaban J connectivity index is 1.61. The van der Waals surface area contributed by atoms with Gasteiger partial charge in [-0.15, -0.1) is 0 Å². The smallest absolute Gasteiger partial charge is 0.454 e. The van der Waals surface area contributed by atoms with Crippen molar-refractivity contribution >= 4 is 41.9 Å². The van der Waals surface area contributed by atoms with Gasteiger partial charge in [-0.2, -0.15) is 0 Å². The van der Waals surface area contributed by atoms with Crippen LogP contribution in [0.4, 0.5) is 9.59 Å². The summed E-state index contributed by atoms with van der Waals surface area (Å²) in [5.41, 5.74) is -8.99. The van der Waals surface area contributed by atoms with Crippen LogP contribution in [0.5, 0.6) is 0 Å². The van der Waals surface area contributed by atoms with Crippen molar-refractivity contribution in [2.45, 2.75) is 155 Å². The fourth-order valence-corrected chi connectivity index (χ4v) is 10.4. The summed E-state index contributed by atoms with van der Waals surface area (Å²) >= 11 is 0. The normalized spacial score (nSPS) is 34.2. The fraction of sp³-hybridized carbons (Fsp3) is 0.659. The number of alkyl carbamates (subject to hydrolysis) is 1. The standard InChI is InChI=1S/C44H57NO17/c1-20(2)17-25(45-38(53)61-40(6,7)8)29(49)37(52)57-30-21(3)28-31(56-22(4)46)33(50)42(11)26(48)18-27-43(19-55-27,60-23(5)47)32(42)35(58-36(51)24-15-13-12-14-16-24)44(41(28,9)10)34(30)59-39(54)62-44/h12-16,20,25-27,29-32,34-35,48-49H,17-19H2,1-11H3,(H,45,53)/t25-,26-,27?,29+,30+,31+,32-,34-,35-,42+,43-,44+/m0/s1. The van der Waals surface area contributed by atoms with E-state index in [9.17, 15) is 39.0 Å². The lowest BCUT2D eigenvalue weighted by atomic mass is 9.44. The number of ether oxygens (including phenoxy) is 8. The van der Waals surface area contributed by atoms with Gasteiger partial charge in [0.15, 0.2) is 41.9 Å². The molecule has 12 atom stereocenters. The van der Waals surface area contributed by atoms with Gasteiger partial charge < -0.3 is 53.4 Å². The molecule has 1 amide bonds. The lowest BCUT2D eigenvalue weighted by Gasteiger charge is -2.67. The van der Waals surface area contributed by atoms with E-state index in [1.807, 2.05) is 0 Å². The number of nitrogens with one attached hydrogen (secondary N) is 1. The zero-order valence-electron chi connectivity index (χ0n) is 36.8. The van der Waals surface area contributed by atoms with Gasteiger partial charge >= 0.3 is 36.1 Å². The molecule has 1 aromatic rings. The largest absolute Gasteiger partial charge is 0.509 e. The number of aliphatic hydroxyl groups excluding tert-OH is 2. The second-order valence-electron chi connectivity index (χ2n) is 19.0. The van der Waals surface area contributed by atoms with Crippen molar-refractivity contribution < 1.29 is 81.7 Å². The van der Waals surface area contributed by atoms with Crippen LogP contribution >= 0.6 is 0 Å². The Labute approximate surface area is 359 Å². The summed E-state index contributed by atoms with van der Waals surface area (Å²) in [5, 5.41) is 26.3. The van der Waals surface area contributed by atoms with Crippen molar-refractivity contribution in [1.29, 1.82) is 0 Å². The predicted molar refractivity (Wildman–Crippen MR) is 212 cm³/mol. The summed E-state index contributed by atoms with van der Waals surface area (Å²) in [7, 11) is 0. The molecule has 18 heteroatoms. The number of hydrogen-bond donors (Lipinski definition) is 3. The zero-order valence-corrected chi connectivity index (χ0v) is 36.8. The number of fused-ring (bicyclic) bond motifs is 4. The molecular weight excluding hydrogens is 814 g/mol. The zero-order chi connectivity index (χ0) is 46.1. The molecule has 340 valence electrons. The van der Waals surface area contributed by atoms with Gasteiger partial charge in [-0.25, -0.2) is 19.2 Å². The highest BCUT2D eigenvalue weighted by Crippen LogP contribution is 2.67. The minimum atomic E-state index is -2.36. The minimum absolute atomic E-state index is 0.0261. The molecular formula is C44H57NO17. The van der Waals surface area contributed by atoms with Crippen molar-refractivity contribution in [1.82, 2.24) is 5.32 Å². The van der Waals surface area contributed by atoms with Crippen molar-refractivity contribution in [3.05, 3.63) is 47.0 Å². The number of Topliss-reactive ketones (excluding diaryl/α,β-unsaturated/α-hetero) is 1. The number of aliphatic hydroxyl groups is 2. The highest BCUT2D eigenvalue weighted by Gasteiger charge is 2.83. The van der Waals surface area contributed by atoms with Crippen LogP contribution in [-0.2, 0) is 57.1 Å². The summed E-state index contributed by atoms with van der Waals surface area (Å²) < 4.78 is 48.1. The van der Waals surface area contributed by atoms with Gasteiger partial charge in [-0.1, -0.05) is 45.9 Å². The summed E-state index contributed by atoms with van der Waals surface area (Å²) in [5.74, 6) is -6.73. The van der Waals surface area contributed by atoms with E-state index in [4.69, 9.17) is 37.9 Å². The van der Waals surface area contributed by atoms with Gasteiger partial charge in [0.05, 0.1) is 35.6 Å². The molecule has 1 unspecified atom stereocenters. The topological polar surface area (TPSA) is 246 Å². The third kappa shape index (κ3) is 7.61. The average molecular weight is 872 g/mol. The number of carbonyl (C=O) groups excluding carboxylic acids is 7. The Bertz CT molecular complexity index is 2040. The molecule has 2 saturated heterocycles. The number of carbonyl (C=O) groups is 7. The first-order valence-electron chi connectivity index (χ1n) is 20.7. The Morgan fingerprint density at radius 2 is 1.61 bits per heavy atom. The number of hydrogen-bond acceptors (Lipinski definition) is 17. The molecule has 2 bridgehead atoms. The SMILES string of the molecule is CC(=O)O[C@H]1C(=O)[C@]2(C)[C@@H](O)CC3OC[C@@]3(OC(C)=O)[C@H]2[C@H](OC(=O)c2ccccc2)[C@]23OC(=O)O[C@H]2[C@H](OC(=O)[C@H](O)[C@H](CC(C)C)NC(=O)OC(C)(C)C)C(C)=C1C3(C)C. The lowest BCUT2D eigenvalue weighted by molar-refractivity contribution is -0.345. The second kappa shape index (κ2) is 16.2. The van der Waals surface area contributed by atoms with E-state index in [2.05, 4.69) is 5.32 Å². The number of esters is 4. The quantitative estimate of drug-likeness (QED) is 0.173. The number of benzene rings is 1. The van der Waals surface area contributed by atoms with Gasteiger partial charge in [-0.05, 0) is 70.2 Å². The summed E-state index contributed by atoms with van der Waals surface area (Å²) in [6.07, 6.45) is -14.5. The molecule has 1 spiro atoms. The molecule has 0 aromatic heterocycles. The molecule has 4 fully saturated rings. The molecule has 2 aliphatic heterocycles. The van der Waals surface area contributed by atoms with Crippen LogP contribution in [0.2, 0.25) is 0 Å². The Hall–Kier alpha value is -5.07. The van der Waals surface area contributed by atoms with Crippen LogP contribution in [0.3, 0.4) is 0 Å². The predicted octanol–water partition coefficient (Wildman–Crippen LogP) is 3.66. The molecule has 3 N–H and O–H groups in total. The monoisotopic (exact) mass is 871 g/mol. The number of amides is 1. The van der Waals surface area contributed by atoms with Gasteiger partial charge in [0.1, 0.15) is 11.7 Å². The molecule has 0 radical (unpaired) electrons. The maximum atomic E-state index is 15.6. The molecule has 62 heavy (non-hydrogen) atoms. The van der Waals surface area contributed by atoms with E-state index in [-0.39, 0.29) is 42.1 Å². The van der Waals surface area contributed by atoms with E-state index >= 15 is 4.79 Å². The van der Waals surface area contributed by atoms with E-state index in [0.717, 1.165) is 13.8 Å². The highest BCUT2D eigenvalue weighted by atomic mass is 16.8. The molecule has 2 heterocycles. The fourth-order valence-electron chi connectivity index (χ4n) is 10.4. The first-order valence-corrected chi connectivity index (χ1v) is 20.7. The van der Waals surface area contributed by atoms with E-state index in [1.54, 1.807) is 66.7 Å². The van der Waals surface area contributed by atoms with Crippen LogP contribution in [0.1, 0.15) is 99.4 Å². The molecule has 6 rings (SSSR count). The Kier molecular flexibility index (Phi) is 12.2. The Morgan fingerprint density at radius 3 is 2.16 bits per heavy atom. The second-order valence-corrected chi connectivity index (χ2v) is 19.0.